The number of methoxy groups -OCH3 is 1. The zero-order valence-corrected chi connectivity index (χ0v) is 17.2. The Balaban J connectivity index is 2.22. The first-order valence-electron chi connectivity index (χ1n) is 9.01. The first-order chi connectivity index (χ1) is 11.7. The van der Waals surface area contributed by atoms with Crippen LogP contribution in [0.15, 0.2) is 17.0 Å². The van der Waals surface area contributed by atoms with Crippen molar-refractivity contribution in [3.63, 3.8) is 0 Å². The Hall–Kier alpha value is -0.950. The van der Waals surface area contributed by atoms with E-state index in [1.807, 2.05) is 32.9 Å². The molecular weight excluding hydrogens is 336 g/mol. The lowest BCUT2D eigenvalue weighted by molar-refractivity contribution is 0.0665. The average Bonchev–Trinajstić information content (AvgIpc) is 2.48. The zero-order chi connectivity index (χ0) is 18.8. The summed E-state index contributed by atoms with van der Waals surface area (Å²) in [5.41, 5.74) is 2.76. The molecule has 6 heteroatoms. The topological polar surface area (TPSA) is 49.9 Å². The summed E-state index contributed by atoms with van der Waals surface area (Å²) in [6, 6.07) is 4.30. The molecule has 0 N–H and O–H groups in total. The molecule has 0 aliphatic carbocycles. The van der Waals surface area contributed by atoms with Crippen LogP contribution in [0, 0.1) is 20.8 Å². The summed E-state index contributed by atoms with van der Waals surface area (Å²) in [7, 11) is -1.76. The highest BCUT2D eigenvalue weighted by Gasteiger charge is 2.37. The van der Waals surface area contributed by atoms with Crippen molar-refractivity contribution < 1.29 is 13.2 Å². The van der Waals surface area contributed by atoms with E-state index in [-0.39, 0.29) is 12.1 Å². The van der Waals surface area contributed by atoms with Gasteiger partial charge in [-0.15, -0.1) is 0 Å². The van der Waals surface area contributed by atoms with Crippen LogP contribution in [0.3, 0.4) is 0 Å². The van der Waals surface area contributed by atoms with Gasteiger partial charge in [-0.25, -0.2) is 8.42 Å². The van der Waals surface area contributed by atoms with Gasteiger partial charge < -0.3 is 4.74 Å². The molecule has 1 saturated heterocycles. The van der Waals surface area contributed by atoms with Gasteiger partial charge in [0, 0.05) is 45.4 Å². The molecule has 5 nitrogen and oxygen atoms in total. The first kappa shape index (κ1) is 20.4. The van der Waals surface area contributed by atoms with Crippen LogP contribution in [-0.2, 0) is 14.8 Å². The van der Waals surface area contributed by atoms with Gasteiger partial charge in [0.1, 0.15) is 0 Å². The van der Waals surface area contributed by atoms with Gasteiger partial charge in [-0.3, -0.25) is 4.90 Å². The Bertz CT molecular complexity index is 668. The van der Waals surface area contributed by atoms with Crippen LogP contribution in [-0.4, -0.2) is 63.1 Å². The fourth-order valence-electron chi connectivity index (χ4n) is 4.04. The van der Waals surface area contributed by atoms with Gasteiger partial charge in [0.2, 0.25) is 10.0 Å². The molecule has 2 unspecified atom stereocenters. The largest absolute Gasteiger partial charge is 0.385 e. The minimum absolute atomic E-state index is 0.196. The van der Waals surface area contributed by atoms with Crippen LogP contribution in [0.5, 0.6) is 0 Å². The molecule has 0 spiro atoms. The van der Waals surface area contributed by atoms with Gasteiger partial charge in [0.25, 0.3) is 0 Å². The second-order valence-corrected chi connectivity index (χ2v) is 9.21. The number of piperazine rings is 1. The van der Waals surface area contributed by atoms with Crippen LogP contribution in [0.2, 0.25) is 0 Å². The fourth-order valence-corrected chi connectivity index (χ4v) is 6.05. The number of hydrogen-bond donors (Lipinski definition) is 0. The first-order valence-corrected chi connectivity index (χ1v) is 10.4. The summed E-state index contributed by atoms with van der Waals surface area (Å²) >= 11 is 0. The molecule has 1 aromatic rings. The van der Waals surface area contributed by atoms with Gasteiger partial charge in [-0.05, 0) is 52.2 Å². The quantitative estimate of drug-likeness (QED) is 0.725. The van der Waals surface area contributed by atoms with Crippen LogP contribution in [0.25, 0.3) is 0 Å². The lowest BCUT2D eigenvalue weighted by Crippen LogP contribution is -2.58. The van der Waals surface area contributed by atoms with Crippen molar-refractivity contribution in [2.45, 2.75) is 58.0 Å². The Kier molecular flexibility index (Phi) is 6.65. The summed E-state index contributed by atoms with van der Waals surface area (Å²) < 4.78 is 33.4. The summed E-state index contributed by atoms with van der Waals surface area (Å²) in [5.74, 6) is 0. The van der Waals surface area contributed by atoms with E-state index >= 15 is 0 Å². The van der Waals surface area contributed by atoms with Crippen molar-refractivity contribution in [1.29, 1.82) is 0 Å². The number of ether oxygens (including phenoxy) is 1. The molecule has 1 fully saturated rings. The maximum absolute atomic E-state index is 13.3. The predicted molar refractivity (Wildman–Crippen MR) is 102 cm³/mol. The van der Waals surface area contributed by atoms with Crippen LogP contribution < -0.4 is 0 Å². The molecule has 25 heavy (non-hydrogen) atoms. The second-order valence-electron chi connectivity index (χ2n) is 7.33. The highest BCUT2D eigenvalue weighted by Crippen LogP contribution is 2.28. The summed E-state index contributed by atoms with van der Waals surface area (Å²) in [5, 5.41) is 0. The lowest BCUT2D eigenvalue weighted by Gasteiger charge is -2.44. The average molecular weight is 369 g/mol. The number of aryl methyl sites for hydroxylation is 3. The standard InChI is InChI=1S/C19H32N2O3S/c1-14-10-15(2)19(16(3)11-14)25(22,23)20-12-17(4)21(18(5)13-20)8-7-9-24-6/h10-11,17-18H,7-9,12-13H2,1-6H3. The van der Waals surface area contributed by atoms with Gasteiger partial charge in [0.15, 0.2) is 0 Å². The van der Waals surface area contributed by atoms with Gasteiger partial charge in [-0.1, -0.05) is 17.7 Å². The van der Waals surface area contributed by atoms with E-state index in [1.54, 1.807) is 11.4 Å². The smallest absolute Gasteiger partial charge is 0.243 e. The molecule has 0 radical (unpaired) electrons. The Morgan fingerprint density at radius 1 is 1.08 bits per heavy atom. The van der Waals surface area contributed by atoms with Crippen molar-refractivity contribution in [2.24, 2.45) is 0 Å². The lowest BCUT2D eigenvalue weighted by atomic mass is 10.1. The Labute approximate surface area is 153 Å². The number of nitrogens with zero attached hydrogens (tertiary/aromatic N) is 2. The molecule has 0 bridgehead atoms. The van der Waals surface area contributed by atoms with Crippen LogP contribution in [0.1, 0.15) is 37.0 Å². The normalized spacial score (nSPS) is 23.1. The SMILES string of the molecule is COCCCN1C(C)CN(S(=O)(=O)c2c(C)cc(C)cc2C)CC1C. The van der Waals surface area contributed by atoms with E-state index in [4.69, 9.17) is 4.74 Å². The number of hydrogen-bond acceptors (Lipinski definition) is 4. The summed E-state index contributed by atoms with van der Waals surface area (Å²) in [6.07, 6.45) is 0.966. The molecule has 1 aliphatic rings. The van der Waals surface area contributed by atoms with E-state index in [0.717, 1.165) is 36.3 Å². The molecule has 0 aromatic heterocycles. The third-order valence-corrected chi connectivity index (χ3v) is 7.17. The third-order valence-electron chi connectivity index (χ3n) is 5.04. The minimum atomic E-state index is -3.47. The van der Waals surface area contributed by atoms with Crippen molar-refractivity contribution in [3.8, 4) is 0 Å². The third kappa shape index (κ3) is 4.42. The molecule has 2 rings (SSSR count). The molecule has 1 heterocycles. The van der Waals surface area contributed by atoms with Crippen LogP contribution >= 0.6 is 0 Å². The molecule has 0 saturated carbocycles. The van der Waals surface area contributed by atoms with E-state index in [0.29, 0.717) is 18.0 Å². The molecule has 0 amide bonds. The van der Waals surface area contributed by atoms with E-state index in [1.165, 1.54) is 0 Å². The van der Waals surface area contributed by atoms with E-state index < -0.39 is 10.0 Å². The van der Waals surface area contributed by atoms with E-state index in [2.05, 4.69) is 18.7 Å². The number of sulfonamides is 1. The predicted octanol–water partition coefficient (Wildman–Crippen LogP) is 2.73. The maximum Gasteiger partial charge on any atom is 0.243 e. The Morgan fingerprint density at radius 3 is 2.08 bits per heavy atom. The van der Waals surface area contributed by atoms with Crippen molar-refractivity contribution in [3.05, 3.63) is 28.8 Å². The monoisotopic (exact) mass is 368 g/mol. The van der Waals surface area contributed by atoms with Crippen LogP contribution in [0.4, 0.5) is 0 Å². The van der Waals surface area contributed by atoms with Gasteiger partial charge in [-0.2, -0.15) is 4.31 Å². The summed E-state index contributed by atoms with van der Waals surface area (Å²) in [4.78, 5) is 2.87. The highest BCUT2D eigenvalue weighted by atomic mass is 32.2. The molecular formula is C19H32N2O3S. The van der Waals surface area contributed by atoms with E-state index in [9.17, 15) is 8.42 Å². The highest BCUT2D eigenvalue weighted by molar-refractivity contribution is 7.89. The fraction of sp³-hybridized carbons (Fsp3) is 0.684. The van der Waals surface area contributed by atoms with Crippen molar-refractivity contribution in [1.82, 2.24) is 9.21 Å². The Morgan fingerprint density at radius 2 is 1.60 bits per heavy atom. The zero-order valence-electron chi connectivity index (χ0n) is 16.4. The van der Waals surface area contributed by atoms with Crippen molar-refractivity contribution >= 4 is 10.0 Å². The van der Waals surface area contributed by atoms with Crippen molar-refractivity contribution in [2.75, 3.05) is 33.4 Å². The molecule has 2 atom stereocenters. The van der Waals surface area contributed by atoms with Gasteiger partial charge in [0.05, 0.1) is 4.90 Å². The maximum atomic E-state index is 13.3. The number of rotatable bonds is 6. The molecule has 1 aromatic carbocycles. The molecule has 1 aliphatic heterocycles. The summed E-state index contributed by atoms with van der Waals surface area (Å²) in [6.45, 7) is 12.7. The van der Waals surface area contributed by atoms with Gasteiger partial charge >= 0.3 is 0 Å². The second kappa shape index (κ2) is 8.16. The molecule has 142 valence electrons. The number of benzene rings is 1. The minimum Gasteiger partial charge on any atom is -0.385 e.